The lowest BCUT2D eigenvalue weighted by molar-refractivity contribution is 0.483. The van der Waals surface area contributed by atoms with Crippen LogP contribution >= 0.6 is 0 Å². The van der Waals surface area contributed by atoms with Gasteiger partial charge in [-0.15, -0.1) is 0 Å². The zero-order chi connectivity index (χ0) is 31.3. The van der Waals surface area contributed by atoms with Gasteiger partial charge in [0.2, 0.25) is 5.95 Å². The van der Waals surface area contributed by atoms with Crippen molar-refractivity contribution in [2.24, 2.45) is 0 Å². The van der Waals surface area contributed by atoms with Gasteiger partial charge >= 0.3 is 0 Å². The molecule has 3 heterocycles. The summed E-state index contributed by atoms with van der Waals surface area (Å²) in [5, 5.41) is 2.29. The van der Waals surface area contributed by atoms with Crippen molar-refractivity contribution >= 4 is 38.9 Å². The van der Waals surface area contributed by atoms with Gasteiger partial charge < -0.3 is 14.5 Å². The Morgan fingerprint density at radius 3 is 2.15 bits per heavy atom. The number of fused-ring (bicyclic) bond motifs is 4. The number of para-hydroxylation sites is 3. The van der Waals surface area contributed by atoms with Gasteiger partial charge in [-0.3, -0.25) is 4.57 Å². The van der Waals surface area contributed by atoms with E-state index in [9.17, 15) is 0 Å². The highest BCUT2D eigenvalue weighted by atomic mass is 16.5. The fourth-order valence-corrected chi connectivity index (χ4v) is 6.35. The van der Waals surface area contributed by atoms with Gasteiger partial charge in [-0.05, 0) is 59.0 Å². The second-order valence-corrected chi connectivity index (χ2v) is 12.9. The molecule has 5 aromatic carbocycles. The van der Waals surface area contributed by atoms with Gasteiger partial charge in [0.15, 0.2) is 0 Å². The number of nitrogens with zero attached hydrogens (tertiary/aromatic N) is 5. The van der Waals surface area contributed by atoms with Crippen molar-refractivity contribution in [3.8, 4) is 17.4 Å². The molecule has 1 aliphatic rings. The Morgan fingerprint density at radius 2 is 1.35 bits per heavy atom. The van der Waals surface area contributed by atoms with Crippen LogP contribution in [0.4, 0.5) is 17.1 Å². The van der Waals surface area contributed by atoms with Gasteiger partial charge in [-0.1, -0.05) is 87.5 Å². The topological polar surface area (TPSA) is 46.4 Å². The zero-order valence-electron chi connectivity index (χ0n) is 26.3. The summed E-state index contributed by atoms with van der Waals surface area (Å²) >= 11 is 0. The molecule has 0 bridgehead atoms. The maximum absolute atomic E-state index is 6.55. The highest BCUT2D eigenvalue weighted by molar-refractivity contribution is 6.09. The fourth-order valence-electron chi connectivity index (χ4n) is 6.35. The second kappa shape index (κ2) is 11.1. The maximum Gasteiger partial charge on any atom is 0.234 e. The molecular weight excluding hydrogens is 566 g/mol. The van der Waals surface area contributed by atoms with Crippen molar-refractivity contribution in [3.63, 3.8) is 0 Å². The highest BCUT2D eigenvalue weighted by Crippen LogP contribution is 2.42. The van der Waals surface area contributed by atoms with Crippen LogP contribution in [-0.4, -0.2) is 21.2 Å². The smallest absolute Gasteiger partial charge is 0.234 e. The molecule has 0 radical (unpaired) electrons. The lowest BCUT2D eigenvalue weighted by Crippen LogP contribution is -2.27. The number of ether oxygens (including phenoxy) is 1. The summed E-state index contributed by atoms with van der Waals surface area (Å²) in [6, 6.07) is 42.3. The SMILES string of the molecule is CC(C)(C)c1cnc(-n2c3ccccc3c3ccc(Oc4cccc(N5CN(Cc6ccccc6)c6ccccc65)c4)cc32)nc1. The van der Waals surface area contributed by atoms with Crippen LogP contribution in [0.2, 0.25) is 0 Å². The van der Waals surface area contributed by atoms with Gasteiger partial charge in [-0.25, -0.2) is 9.97 Å². The van der Waals surface area contributed by atoms with Gasteiger partial charge in [0.05, 0.1) is 29.1 Å². The minimum Gasteiger partial charge on any atom is -0.457 e. The van der Waals surface area contributed by atoms with E-state index in [-0.39, 0.29) is 5.41 Å². The molecule has 2 aromatic heterocycles. The normalized spacial score (nSPS) is 13.0. The van der Waals surface area contributed by atoms with E-state index in [0.717, 1.165) is 57.8 Å². The van der Waals surface area contributed by atoms with Crippen LogP contribution in [0.25, 0.3) is 27.8 Å². The molecule has 7 aromatic rings. The zero-order valence-corrected chi connectivity index (χ0v) is 26.3. The Hall–Kier alpha value is -5.62. The van der Waals surface area contributed by atoms with Gasteiger partial charge in [-0.2, -0.15) is 0 Å². The molecular formula is C40H35N5O. The number of hydrogen-bond donors (Lipinski definition) is 0. The summed E-state index contributed by atoms with van der Waals surface area (Å²) in [6.07, 6.45) is 3.87. The summed E-state index contributed by atoms with van der Waals surface area (Å²) in [5.41, 5.74) is 7.95. The first-order valence-electron chi connectivity index (χ1n) is 15.7. The second-order valence-electron chi connectivity index (χ2n) is 12.9. The lowest BCUT2D eigenvalue weighted by atomic mass is 9.89. The number of rotatable bonds is 6. The third kappa shape index (κ3) is 5.02. The Morgan fingerprint density at radius 1 is 0.652 bits per heavy atom. The quantitative estimate of drug-likeness (QED) is 0.190. The molecule has 0 fully saturated rings. The van der Waals surface area contributed by atoms with E-state index >= 15 is 0 Å². The minimum absolute atomic E-state index is 0.0216. The number of aromatic nitrogens is 3. The average molecular weight is 602 g/mol. The lowest BCUT2D eigenvalue weighted by Gasteiger charge is -2.22. The van der Waals surface area contributed by atoms with Crippen LogP contribution in [0.15, 0.2) is 134 Å². The van der Waals surface area contributed by atoms with E-state index in [1.54, 1.807) is 0 Å². The molecule has 226 valence electrons. The molecule has 0 N–H and O–H groups in total. The predicted octanol–water partition coefficient (Wildman–Crippen LogP) is 9.78. The van der Waals surface area contributed by atoms with E-state index in [0.29, 0.717) is 5.95 Å². The molecule has 8 rings (SSSR count). The Labute approximate surface area is 269 Å². The molecule has 0 unspecified atom stereocenters. The van der Waals surface area contributed by atoms with Crippen LogP contribution in [0.1, 0.15) is 31.9 Å². The summed E-state index contributed by atoms with van der Waals surface area (Å²) in [7, 11) is 0. The summed E-state index contributed by atoms with van der Waals surface area (Å²) < 4.78 is 8.68. The van der Waals surface area contributed by atoms with Crippen LogP contribution in [0.5, 0.6) is 11.5 Å². The average Bonchev–Trinajstić information content (AvgIpc) is 3.60. The number of benzene rings is 5. The molecule has 0 saturated heterocycles. The fraction of sp³-hybridized carbons (Fsp3) is 0.150. The largest absolute Gasteiger partial charge is 0.457 e. The third-order valence-electron chi connectivity index (χ3n) is 8.76. The van der Waals surface area contributed by atoms with Crippen molar-refractivity contribution in [2.75, 3.05) is 16.5 Å². The predicted molar refractivity (Wildman–Crippen MR) is 188 cm³/mol. The number of hydrogen-bond acceptors (Lipinski definition) is 5. The van der Waals surface area contributed by atoms with Crippen molar-refractivity contribution in [2.45, 2.75) is 32.7 Å². The van der Waals surface area contributed by atoms with Crippen molar-refractivity contribution in [1.29, 1.82) is 0 Å². The summed E-state index contributed by atoms with van der Waals surface area (Å²) in [6.45, 7) is 8.13. The first-order valence-corrected chi connectivity index (χ1v) is 15.7. The van der Waals surface area contributed by atoms with E-state index in [2.05, 4.69) is 144 Å². The Balaban J connectivity index is 1.13. The Bertz CT molecular complexity index is 2180. The van der Waals surface area contributed by atoms with E-state index in [1.807, 2.05) is 24.5 Å². The standard InChI is InChI=1S/C40H35N5O/c1-40(2,3)29-24-41-39(42-25-29)45-35-17-8-7-16-33(35)34-21-20-32(23-38(34)45)46-31-15-11-14-30(22-31)44-27-43(26-28-12-5-4-6-13-28)36-18-9-10-19-37(36)44/h4-25H,26-27H2,1-3H3. The Kier molecular flexibility index (Phi) is 6.71. The molecule has 0 aliphatic carbocycles. The van der Waals surface area contributed by atoms with E-state index < -0.39 is 0 Å². The molecule has 6 nitrogen and oxygen atoms in total. The molecule has 46 heavy (non-hydrogen) atoms. The summed E-state index contributed by atoms with van der Waals surface area (Å²) in [5.74, 6) is 2.18. The molecule has 0 amide bonds. The van der Waals surface area contributed by atoms with Crippen molar-refractivity contribution < 1.29 is 4.74 Å². The van der Waals surface area contributed by atoms with Crippen LogP contribution in [-0.2, 0) is 12.0 Å². The van der Waals surface area contributed by atoms with Gasteiger partial charge in [0, 0.05) is 47.5 Å². The number of anilines is 3. The third-order valence-corrected chi connectivity index (χ3v) is 8.76. The first kappa shape index (κ1) is 27.9. The minimum atomic E-state index is -0.0216. The van der Waals surface area contributed by atoms with Crippen LogP contribution in [0.3, 0.4) is 0 Å². The van der Waals surface area contributed by atoms with Crippen LogP contribution in [0, 0.1) is 0 Å². The summed E-state index contributed by atoms with van der Waals surface area (Å²) in [4.78, 5) is 14.4. The van der Waals surface area contributed by atoms with Gasteiger partial charge in [0.25, 0.3) is 0 Å². The molecule has 6 heteroatoms. The molecule has 0 spiro atoms. The molecule has 0 atom stereocenters. The van der Waals surface area contributed by atoms with Crippen LogP contribution < -0.4 is 14.5 Å². The molecule has 0 saturated carbocycles. The van der Waals surface area contributed by atoms with E-state index in [1.165, 1.54) is 16.9 Å². The first-order chi connectivity index (χ1) is 22.4. The van der Waals surface area contributed by atoms with Crippen molar-refractivity contribution in [1.82, 2.24) is 14.5 Å². The maximum atomic E-state index is 6.55. The highest BCUT2D eigenvalue weighted by Gasteiger charge is 2.27. The monoisotopic (exact) mass is 601 g/mol. The molecule has 1 aliphatic heterocycles. The van der Waals surface area contributed by atoms with E-state index in [4.69, 9.17) is 14.7 Å². The van der Waals surface area contributed by atoms with Gasteiger partial charge in [0.1, 0.15) is 11.5 Å². The van der Waals surface area contributed by atoms with Crippen molar-refractivity contribution in [3.05, 3.63) is 145 Å².